The standard InChI is InChI=1S/C13H21N3O/c1-11(10-17-2)16-13(14)15-9-8-12-6-4-3-5-7-12/h3-7,11H,8-10H2,1-2H3,(H3,14,15,16). The molecule has 0 fully saturated rings. The molecule has 17 heavy (non-hydrogen) atoms. The summed E-state index contributed by atoms with van der Waals surface area (Å²) in [6.07, 6.45) is 0.905. The maximum atomic E-state index is 5.75. The lowest BCUT2D eigenvalue weighted by atomic mass is 10.2. The van der Waals surface area contributed by atoms with Crippen molar-refractivity contribution in [2.45, 2.75) is 19.4 Å². The van der Waals surface area contributed by atoms with E-state index in [-0.39, 0.29) is 6.04 Å². The highest BCUT2D eigenvalue weighted by atomic mass is 16.5. The van der Waals surface area contributed by atoms with Crippen molar-refractivity contribution >= 4 is 5.96 Å². The van der Waals surface area contributed by atoms with Crippen LogP contribution in [0, 0.1) is 0 Å². The van der Waals surface area contributed by atoms with Crippen LogP contribution in [0.1, 0.15) is 12.5 Å². The second kappa shape index (κ2) is 7.68. The van der Waals surface area contributed by atoms with Crippen LogP contribution in [0.15, 0.2) is 35.3 Å². The van der Waals surface area contributed by atoms with Gasteiger partial charge in [0, 0.05) is 19.7 Å². The topological polar surface area (TPSA) is 59.6 Å². The number of benzene rings is 1. The normalized spacial score (nSPS) is 13.4. The molecular formula is C13H21N3O. The van der Waals surface area contributed by atoms with Crippen LogP contribution in [0.3, 0.4) is 0 Å². The molecule has 0 amide bonds. The van der Waals surface area contributed by atoms with Gasteiger partial charge in [0.1, 0.15) is 0 Å². The van der Waals surface area contributed by atoms with Gasteiger partial charge in [0.05, 0.1) is 6.61 Å². The Bertz CT molecular complexity index is 338. The molecule has 4 heteroatoms. The van der Waals surface area contributed by atoms with E-state index in [9.17, 15) is 0 Å². The van der Waals surface area contributed by atoms with Gasteiger partial charge in [-0.3, -0.25) is 4.99 Å². The zero-order valence-electron chi connectivity index (χ0n) is 10.5. The number of nitrogens with zero attached hydrogens (tertiary/aromatic N) is 1. The Morgan fingerprint density at radius 1 is 1.41 bits per heavy atom. The third-order valence-electron chi connectivity index (χ3n) is 2.34. The number of hydrogen-bond acceptors (Lipinski definition) is 2. The lowest BCUT2D eigenvalue weighted by Gasteiger charge is -2.12. The summed E-state index contributed by atoms with van der Waals surface area (Å²) < 4.78 is 5.01. The SMILES string of the molecule is COCC(C)NC(N)=NCCc1ccccc1. The number of aliphatic imine (C=N–C) groups is 1. The molecule has 1 aromatic carbocycles. The highest BCUT2D eigenvalue weighted by Gasteiger charge is 2.00. The van der Waals surface area contributed by atoms with Gasteiger partial charge in [-0.05, 0) is 18.9 Å². The molecule has 0 saturated carbocycles. The van der Waals surface area contributed by atoms with Gasteiger partial charge in [-0.15, -0.1) is 0 Å². The van der Waals surface area contributed by atoms with Crippen LogP contribution in [-0.4, -0.2) is 32.3 Å². The van der Waals surface area contributed by atoms with Crippen LogP contribution < -0.4 is 11.1 Å². The molecule has 0 bridgehead atoms. The predicted molar refractivity (Wildman–Crippen MR) is 71.1 cm³/mol. The Labute approximate surface area is 103 Å². The second-order valence-electron chi connectivity index (χ2n) is 4.00. The first-order valence-corrected chi connectivity index (χ1v) is 5.81. The van der Waals surface area contributed by atoms with Crippen molar-refractivity contribution in [1.82, 2.24) is 5.32 Å². The second-order valence-corrected chi connectivity index (χ2v) is 4.00. The largest absolute Gasteiger partial charge is 0.383 e. The van der Waals surface area contributed by atoms with Gasteiger partial charge in [-0.25, -0.2) is 0 Å². The number of nitrogens with two attached hydrogens (primary N) is 1. The van der Waals surface area contributed by atoms with Crippen LogP contribution in [0.25, 0.3) is 0 Å². The van der Waals surface area contributed by atoms with E-state index in [2.05, 4.69) is 22.4 Å². The van der Waals surface area contributed by atoms with E-state index in [4.69, 9.17) is 10.5 Å². The molecule has 0 saturated heterocycles. The summed E-state index contributed by atoms with van der Waals surface area (Å²) in [5.74, 6) is 0.477. The Hall–Kier alpha value is -1.55. The summed E-state index contributed by atoms with van der Waals surface area (Å²) >= 11 is 0. The zero-order chi connectivity index (χ0) is 12.5. The Morgan fingerprint density at radius 2 is 2.12 bits per heavy atom. The van der Waals surface area contributed by atoms with Gasteiger partial charge < -0.3 is 15.8 Å². The average molecular weight is 235 g/mol. The Morgan fingerprint density at radius 3 is 2.76 bits per heavy atom. The Kier molecular flexibility index (Phi) is 6.10. The summed E-state index contributed by atoms with van der Waals surface area (Å²) in [4.78, 5) is 4.27. The first-order chi connectivity index (χ1) is 8.22. The van der Waals surface area contributed by atoms with Gasteiger partial charge in [0.15, 0.2) is 5.96 Å². The van der Waals surface area contributed by atoms with E-state index >= 15 is 0 Å². The minimum Gasteiger partial charge on any atom is -0.383 e. The summed E-state index contributed by atoms with van der Waals surface area (Å²) in [6, 6.07) is 10.4. The van der Waals surface area contributed by atoms with Gasteiger partial charge in [0.25, 0.3) is 0 Å². The summed E-state index contributed by atoms with van der Waals surface area (Å²) in [7, 11) is 1.67. The van der Waals surface area contributed by atoms with Crippen molar-refractivity contribution in [3.05, 3.63) is 35.9 Å². The molecule has 0 heterocycles. The van der Waals surface area contributed by atoms with E-state index in [0.29, 0.717) is 19.1 Å². The molecule has 0 radical (unpaired) electrons. The van der Waals surface area contributed by atoms with Crippen LogP contribution >= 0.6 is 0 Å². The molecule has 0 aliphatic rings. The van der Waals surface area contributed by atoms with Crippen molar-refractivity contribution in [1.29, 1.82) is 0 Å². The molecule has 0 spiro atoms. The fourth-order valence-corrected chi connectivity index (χ4v) is 1.54. The molecule has 1 aromatic rings. The minimum absolute atomic E-state index is 0.181. The van der Waals surface area contributed by atoms with Crippen LogP contribution in [0.4, 0.5) is 0 Å². The first kappa shape index (κ1) is 13.5. The molecular weight excluding hydrogens is 214 g/mol. The lowest BCUT2D eigenvalue weighted by molar-refractivity contribution is 0.179. The lowest BCUT2D eigenvalue weighted by Crippen LogP contribution is -2.40. The third-order valence-corrected chi connectivity index (χ3v) is 2.34. The molecule has 0 aliphatic carbocycles. The zero-order valence-corrected chi connectivity index (χ0v) is 10.5. The average Bonchev–Trinajstić information content (AvgIpc) is 2.30. The minimum atomic E-state index is 0.181. The fourth-order valence-electron chi connectivity index (χ4n) is 1.54. The predicted octanol–water partition coefficient (Wildman–Crippen LogP) is 1.17. The maximum absolute atomic E-state index is 5.75. The summed E-state index contributed by atoms with van der Waals surface area (Å²) in [5.41, 5.74) is 7.02. The van der Waals surface area contributed by atoms with Gasteiger partial charge in [-0.1, -0.05) is 30.3 Å². The maximum Gasteiger partial charge on any atom is 0.188 e. The first-order valence-electron chi connectivity index (χ1n) is 5.81. The van der Waals surface area contributed by atoms with Crippen molar-refractivity contribution in [3.63, 3.8) is 0 Å². The third kappa shape index (κ3) is 5.92. The Balaban J connectivity index is 2.28. The number of hydrogen-bond donors (Lipinski definition) is 2. The van der Waals surface area contributed by atoms with Crippen molar-refractivity contribution < 1.29 is 4.74 Å². The highest BCUT2D eigenvalue weighted by molar-refractivity contribution is 5.78. The van der Waals surface area contributed by atoms with E-state index in [1.165, 1.54) is 5.56 Å². The number of methoxy groups -OCH3 is 1. The molecule has 1 unspecified atom stereocenters. The van der Waals surface area contributed by atoms with Crippen molar-refractivity contribution in [2.24, 2.45) is 10.7 Å². The smallest absolute Gasteiger partial charge is 0.188 e. The number of ether oxygens (including phenoxy) is 1. The number of guanidine groups is 1. The molecule has 0 aromatic heterocycles. The van der Waals surface area contributed by atoms with Gasteiger partial charge in [0.2, 0.25) is 0 Å². The number of rotatable bonds is 6. The van der Waals surface area contributed by atoms with Crippen LogP contribution in [0.2, 0.25) is 0 Å². The highest BCUT2D eigenvalue weighted by Crippen LogP contribution is 1.99. The fraction of sp³-hybridized carbons (Fsp3) is 0.462. The van der Waals surface area contributed by atoms with E-state index < -0.39 is 0 Å². The van der Waals surface area contributed by atoms with Crippen molar-refractivity contribution in [2.75, 3.05) is 20.3 Å². The van der Waals surface area contributed by atoms with Gasteiger partial charge in [-0.2, -0.15) is 0 Å². The molecule has 1 atom stereocenters. The molecule has 94 valence electrons. The van der Waals surface area contributed by atoms with Gasteiger partial charge >= 0.3 is 0 Å². The van der Waals surface area contributed by atoms with Crippen molar-refractivity contribution in [3.8, 4) is 0 Å². The molecule has 1 rings (SSSR count). The molecule has 0 aliphatic heterocycles. The summed E-state index contributed by atoms with van der Waals surface area (Å²) in [6.45, 7) is 3.32. The van der Waals surface area contributed by atoms with E-state index in [1.54, 1.807) is 7.11 Å². The molecule has 4 nitrogen and oxygen atoms in total. The monoisotopic (exact) mass is 235 g/mol. The number of nitrogens with one attached hydrogen (secondary N) is 1. The van der Waals surface area contributed by atoms with Crippen LogP contribution in [-0.2, 0) is 11.2 Å². The quantitative estimate of drug-likeness (QED) is 0.575. The van der Waals surface area contributed by atoms with Crippen LogP contribution in [0.5, 0.6) is 0 Å². The summed E-state index contributed by atoms with van der Waals surface area (Å²) in [5, 5.41) is 3.07. The van der Waals surface area contributed by atoms with E-state index in [0.717, 1.165) is 6.42 Å². The molecule has 3 N–H and O–H groups in total. The van der Waals surface area contributed by atoms with E-state index in [1.807, 2.05) is 25.1 Å².